The molecule has 4 heterocycles. The van der Waals surface area contributed by atoms with Crippen LogP contribution in [-0.2, 0) is 22.6 Å². The highest BCUT2D eigenvalue weighted by Crippen LogP contribution is 2.50. The number of fused-ring (bicyclic) bond motifs is 3. The first-order valence-corrected chi connectivity index (χ1v) is 11.8. The van der Waals surface area contributed by atoms with Gasteiger partial charge in [0.05, 0.1) is 11.1 Å². The molecule has 0 bridgehead atoms. The highest BCUT2D eigenvalue weighted by atomic mass is 32.2. The third-order valence-corrected chi connectivity index (χ3v) is 8.33. The van der Waals surface area contributed by atoms with Crippen LogP contribution in [0.15, 0.2) is 24.3 Å². The second-order valence-electron chi connectivity index (χ2n) is 9.10. The van der Waals surface area contributed by atoms with Crippen LogP contribution in [0.5, 0.6) is 0 Å². The number of nitrogens with one attached hydrogen (secondary N) is 1. The quantitative estimate of drug-likeness (QED) is 0.680. The largest absolute Gasteiger partial charge is 0.480 e. The Kier molecular flexibility index (Phi) is 4.94. The molecular formula is C23H26N4O4S. The van der Waals surface area contributed by atoms with Gasteiger partial charge in [-0.2, -0.15) is 0 Å². The molecule has 5 rings (SSSR count). The molecule has 168 valence electrons. The third-order valence-electron chi connectivity index (χ3n) is 6.76. The summed E-state index contributed by atoms with van der Waals surface area (Å²) in [5, 5.41) is 13.0. The van der Waals surface area contributed by atoms with Crippen molar-refractivity contribution in [2.24, 2.45) is 0 Å². The molecule has 3 aliphatic rings. The van der Waals surface area contributed by atoms with Crippen LogP contribution in [-0.4, -0.2) is 73.0 Å². The summed E-state index contributed by atoms with van der Waals surface area (Å²) in [6.07, 6.45) is 0.775. The molecule has 0 unspecified atom stereocenters. The Balaban J connectivity index is 1.49. The number of carbonyl (C=O) groups is 3. The summed E-state index contributed by atoms with van der Waals surface area (Å²) in [4.78, 5) is 46.7. The van der Waals surface area contributed by atoms with Gasteiger partial charge in [-0.15, -0.1) is 11.8 Å². The Bertz CT molecular complexity index is 1150. The van der Waals surface area contributed by atoms with Crippen molar-refractivity contribution < 1.29 is 19.5 Å². The highest BCUT2D eigenvalue weighted by molar-refractivity contribution is 8.01. The molecule has 3 atom stereocenters. The highest BCUT2D eigenvalue weighted by Gasteiger charge is 2.64. The van der Waals surface area contributed by atoms with E-state index in [1.807, 2.05) is 38.1 Å². The van der Waals surface area contributed by atoms with Crippen LogP contribution in [0.25, 0.3) is 10.9 Å². The van der Waals surface area contributed by atoms with Gasteiger partial charge in [-0.05, 0) is 26.5 Å². The van der Waals surface area contributed by atoms with Crippen molar-refractivity contribution in [3.05, 3.63) is 41.1 Å². The van der Waals surface area contributed by atoms with Crippen LogP contribution in [0.3, 0.4) is 0 Å². The molecule has 0 spiro atoms. The number of amides is 2. The van der Waals surface area contributed by atoms with Crippen molar-refractivity contribution in [3.63, 3.8) is 0 Å². The average Bonchev–Trinajstić information content (AvgIpc) is 3.03. The standard InChI is InChI=1S/C23H26N4O4S/c1-4-26-10-9-15-13(11-26)16(12-7-5-6-8-14(12)24-15)19(28)25-17-20(29)27-18(22(30)31)23(2,3)32-21(17)27/h5-8,17-18,21H,4,9-11H2,1-3H3,(H,25,28)(H,30,31)/t17-,18+,21-/m1/s1. The predicted molar refractivity (Wildman–Crippen MR) is 121 cm³/mol. The van der Waals surface area contributed by atoms with Gasteiger partial charge in [0, 0.05) is 40.9 Å². The summed E-state index contributed by atoms with van der Waals surface area (Å²) < 4.78 is -0.629. The van der Waals surface area contributed by atoms with Crippen molar-refractivity contribution in [2.75, 3.05) is 13.1 Å². The lowest BCUT2D eigenvalue weighted by Gasteiger charge is -2.43. The Morgan fingerprint density at radius 3 is 2.78 bits per heavy atom. The minimum absolute atomic E-state index is 0.298. The molecule has 1 aromatic heterocycles. The molecule has 0 radical (unpaired) electrons. The number of carboxylic acid groups (broad SMARTS) is 1. The summed E-state index contributed by atoms with van der Waals surface area (Å²) >= 11 is 1.43. The molecule has 8 nitrogen and oxygen atoms in total. The summed E-state index contributed by atoms with van der Waals surface area (Å²) in [6, 6.07) is 5.96. The second-order valence-corrected chi connectivity index (χ2v) is 10.9. The Morgan fingerprint density at radius 1 is 1.31 bits per heavy atom. The van der Waals surface area contributed by atoms with Gasteiger partial charge in [-0.3, -0.25) is 19.5 Å². The van der Waals surface area contributed by atoms with E-state index in [9.17, 15) is 19.5 Å². The number of hydrogen-bond acceptors (Lipinski definition) is 6. The number of aliphatic carboxylic acids is 1. The number of pyridine rings is 1. The molecule has 2 saturated heterocycles. The summed E-state index contributed by atoms with van der Waals surface area (Å²) in [6.45, 7) is 8.17. The van der Waals surface area contributed by atoms with E-state index in [-0.39, 0.29) is 17.2 Å². The zero-order valence-corrected chi connectivity index (χ0v) is 19.1. The normalized spacial score (nSPS) is 26.4. The topological polar surface area (TPSA) is 103 Å². The molecule has 0 aliphatic carbocycles. The van der Waals surface area contributed by atoms with E-state index in [2.05, 4.69) is 17.1 Å². The minimum atomic E-state index is -1.02. The molecular weight excluding hydrogens is 428 g/mol. The van der Waals surface area contributed by atoms with E-state index in [0.717, 1.165) is 41.7 Å². The molecule has 2 N–H and O–H groups in total. The number of thioether (sulfide) groups is 1. The zero-order chi connectivity index (χ0) is 22.8. The van der Waals surface area contributed by atoms with Gasteiger partial charge in [0.2, 0.25) is 5.91 Å². The fraction of sp³-hybridized carbons (Fsp3) is 0.478. The lowest BCUT2D eigenvalue weighted by Crippen LogP contribution is -2.70. The molecule has 9 heteroatoms. The number of aromatic nitrogens is 1. The fourth-order valence-corrected chi connectivity index (χ4v) is 6.76. The SMILES string of the molecule is CCN1CCc2nc3ccccc3c(C(=O)N[C@@H]3C(=O)N4[C@@H]3SC(C)(C)[C@@H]4C(=O)O)c2C1. The molecule has 1 aromatic carbocycles. The van der Waals surface area contributed by atoms with Crippen LogP contribution in [0.1, 0.15) is 42.4 Å². The van der Waals surface area contributed by atoms with E-state index >= 15 is 0 Å². The summed E-state index contributed by atoms with van der Waals surface area (Å²) in [7, 11) is 0. The first kappa shape index (κ1) is 21.2. The number of hydrogen-bond donors (Lipinski definition) is 2. The maximum Gasteiger partial charge on any atom is 0.327 e. The lowest BCUT2D eigenvalue weighted by molar-refractivity contribution is -0.159. The first-order chi connectivity index (χ1) is 15.2. The van der Waals surface area contributed by atoms with Crippen molar-refractivity contribution in [2.45, 2.75) is 55.9 Å². The van der Waals surface area contributed by atoms with E-state index < -0.39 is 22.8 Å². The summed E-state index contributed by atoms with van der Waals surface area (Å²) in [5.74, 6) is -1.65. The molecule has 3 aliphatic heterocycles. The van der Waals surface area contributed by atoms with Crippen LogP contribution in [0.4, 0.5) is 0 Å². The fourth-order valence-electron chi connectivity index (χ4n) is 5.13. The first-order valence-electron chi connectivity index (χ1n) is 10.9. The number of para-hydroxylation sites is 1. The van der Waals surface area contributed by atoms with Crippen LogP contribution >= 0.6 is 11.8 Å². The van der Waals surface area contributed by atoms with E-state index in [4.69, 9.17) is 4.98 Å². The molecule has 2 aromatic rings. The van der Waals surface area contributed by atoms with Crippen LogP contribution in [0.2, 0.25) is 0 Å². The number of β-lactam (4-membered cyclic amide) rings is 1. The molecule has 2 amide bonds. The number of benzene rings is 1. The smallest absolute Gasteiger partial charge is 0.327 e. The Hall–Kier alpha value is -2.65. The Morgan fingerprint density at radius 2 is 2.06 bits per heavy atom. The lowest BCUT2D eigenvalue weighted by atomic mass is 9.93. The predicted octanol–water partition coefficient (Wildman–Crippen LogP) is 1.86. The number of nitrogens with zero attached hydrogens (tertiary/aromatic N) is 3. The van der Waals surface area contributed by atoms with Crippen LogP contribution < -0.4 is 5.32 Å². The maximum atomic E-state index is 13.6. The van der Waals surface area contributed by atoms with Crippen molar-refractivity contribution in [1.29, 1.82) is 0 Å². The average molecular weight is 455 g/mol. The van der Waals surface area contributed by atoms with Gasteiger partial charge in [-0.1, -0.05) is 25.1 Å². The van der Waals surface area contributed by atoms with Crippen molar-refractivity contribution in [3.8, 4) is 0 Å². The number of likely N-dealkylation sites (N-methyl/N-ethyl adjacent to an activating group) is 1. The number of carbonyl (C=O) groups excluding carboxylic acids is 2. The monoisotopic (exact) mass is 454 g/mol. The maximum absolute atomic E-state index is 13.6. The van der Waals surface area contributed by atoms with Crippen molar-refractivity contribution >= 4 is 40.4 Å². The zero-order valence-electron chi connectivity index (χ0n) is 18.3. The van der Waals surface area contributed by atoms with Crippen LogP contribution in [0, 0.1) is 0 Å². The van der Waals surface area contributed by atoms with Gasteiger partial charge < -0.3 is 15.3 Å². The third kappa shape index (κ3) is 3.09. The van der Waals surface area contributed by atoms with Gasteiger partial charge in [0.15, 0.2) is 0 Å². The van der Waals surface area contributed by atoms with Gasteiger partial charge in [-0.25, -0.2) is 4.79 Å². The number of carboxylic acids is 1. The van der Waals surface area contributed by atoms with E-state index in [1.165, 1.54) is 16.7 Å². The van der Waals surface area contributed by atoms with Gasteiger partial charge >= 0.3 is 5.97 Å². The minimum Gasteiger partial charge on any atom is -0.480 e. The molecule has 32 heavy (non-hydrogen) atoms. The molecule has 0 saturated carbocycles. The van der Waals surface area contributed by atoms with Gasteiger partial charge in [0.25, 0.3) is 5.91 Å². The summed E-state index contributed by atoms with van der Waals surface area (Å²) in [5.41, 5.74) is 3.19. The van der Waals surface area contributed by atoms with Gasteiger partial charge in [0.1, 0.15) is 17.5 Å². The number of rotatable bonds is 4. The van der Waals surface area contributed by atoms with Crippen molar-refractivity contribution in [1.82, 2.24) is 20.1 Å². The van der Waals surface area contributed by atoms with E-state index in [1.54, 1.807) is 0 Å². The second kappa shape index (κ2) is 7.45. The van der Waals surface area contributed by atoms with E-state index in [0.29, 0.717) is 12.1 Å². The molecule has 2 fully saturated rings. The Labute approximate surface area is 190 Å².